The van der Waals surface area contributed by atoms with Gasteiger partial charge in [-0.15, -0.1) is 11.3 Å². The number of nitrogens with zero attached hydrogens (tertiary/aromatic N) is 2. The first-order chi connectivity index (χ1) is 30.8. The van der Waals surface area contributed by atoms with Gasteiger partial charge in [-0.25, -0.2) is 0 Å². The largest absolute Gasteiger partial charge is 0.310 e. The van der Waals surface area contributed by atoms with Gasteiger partial charge in [0.15, 0.2) is 0 Å². The van der Waals surface area contributed by atoms with E-state index < -0.39 is 5.41 Å². The highest BCUT2D eigenvalue weighted by Gasteiger charge is 2.52. The van der Waals surface area contributed by atoms with E-state index >= 15 is 0 Å². The van der Waals surface area contributed by atoms with Crippen molar-refractivity contribution in [1.29, 1.82) is 0 Å². The van der Waals surface area contributed by atoms with E-state index in [0.717, 1.165) is 22.7 Å². The van der Waals surface area contributed by atoms with Crippen molar-refractivity contribution >= 4 is 76.4 Å². The molecule has 0 bridgehead atoms. The number of rotatable bonds is 6. The second kappa shape index (κ2) is 13.7. The van der Waals surface area contributed by atoms with E-state index in [-0.39, 0.29) is 0 Å². The normalized spacial score (nSPS) is 14.5. The molecule has 2 aliphatic carbocycles. The van der Waals surface area contributed by atoms with Crippen molar-refractivity contribution in [2.24, 2.45) is 0 Å². The number of thiophene rings is 1. The lowest BCUT2D eigenvalue weighted by Gasteiger charge is -2.34. The van der Waals surface area contributed by atoms with Crippen LogP contribution in [-0.2, 0) is 5.41 Å². The van der Waals surface area contributed by atoms with Gasteiger partial charge in [0, 0.05) is 43.6 Å². The summed E-state index contributed by atoms with van der Waals surface area (Å²) in [7, 11) is 0. The van der Waals surface area contributed by atoms with Gasteiger partial charge in [-0.1, -0.05) is 164 Å². The Kier molecular flexibility index (Phi) is 7.72. The zero-order valence-corrected chi connectivity index (χ0v) is 34.6. The molecule has 0 aliphatic heterocycles. The fourth-order valence-corrected chi connectivity index (χ4v) is 12.0. The molecule has 62 heavy (non-hydrogen) atoms. The number of benzene rings is 10. The zero-order chi connectivity index (χ0) is 40.8. The smallest absolute Gasteiger partial charge is 0.0727 e. The molecule has 0 N–H and O–H groups in total. The van der Waals surface area contributed by atoms with Gasteiger partial charge < -0.3 is 9.80 Å². The monoisotopic (exact) mass is 806 g/mol. The van der Waals surface area contributed by atoms with Crippen molar-refractivity contribution in [3.63, 3.8) is 0 Å². The minimum absolute atomic E-state index is 0.586. The topological polar surface area (TPSA) is 6.48 Å². The van der Waals surface area contributed by atoms with E-state index in [1.807, 2.05) is 11.3 Å². The van der Waals surface area contributed by atoms with Crippen LogP contribution in [0.2, 0.25) is 0 Å². The Labute approximate surface area is 364 Å². The molecular formula is C59H38N2S. The van der Waals surface area contributed by atoms with E-state index in [4.69, 9.17) is 0 Å². The summed E-state index contributed by atoms with van der Waals surface area (Å²) < 4.78 is 2.58. The van der Waals surface area contributed by atoms with Crippen LogP contribution in [0, 0.1) is 0 Å². The maximum Gasteiger partial charge on any atom is 0.0727 e. The van der Waals surface area contributed by atoms with E-state index in [1.54, 1.807) is 0 Å². The number of hydrogen-bond acceptors (Lipinski definition) is 3. The Bertz CT molecular complexity index is 3500. The molecule has 0 radical (unpaired) electrons. The summed E-state index contributed by atoms with van der Waals surface area (Å²) in [6.07, 6.45) is 0. The molecule has 3 heteroatoms. The van der Waals surface area contributed by atoms with Crippen molar-refractivity contribution in [1.82, 2.24) is 0 Å². The molecule has 1 unspecified atom stereocenters. The molecule has 11 aromatic rings. The molecule has 0 fully saturated rings. The molecule has 1 atom stereocenters. The van der Waals surface area contributed by atoms with Crippen LogP contribution >= 0.6 is 11.3 Å². The summed E-state index contributed by atoms with van der Waals surface area (Å²) in [4.78, 5) is 4.93. The third-order valence-corrected chi connectivity index (χ3v) is 14.4. The Morgan fingerprint density at radius 3 is 1.55 bits per heavy atom. The van der Waals surface area contributed by atoms with Crippen LogP contribution in [-0.4, -0.2) is 0 Å². The highest BCUT2D eigenvalue weighted by Crippen LogP contribution is 2.65. The molecule has 1 heterocycles. The molecule has 0 saturated heterocycles. The maximum atomic E-state index is 2.56. The fraction of sp³-hybridized carbons (Fsp3) is 0.0169. The molecular weight excluding hydrogens is 769 g/mol. The molecule has 290 valence electrons. The second-order valence-electron chi connectivity index (χ2n) is 16.4. The highest BCUT2D eigenvalue weighted by molar-refractivity contribution is 7.26. The fourth-order valence-electron chi connectivity index (χ4n) is 10.8. The second-order valence-corrected chi connectivity index (χ2v) is 17.4. The van der Waals surface area contributed by atoms with Gasteiger partial charge in [-0.05, 0) is 117 Å². The van der Waals surface area contributed by atoms with Crippen LogP contribution in [0.25, 0.3) is 53.2 Å². The lowest BCUT2D eigenvalue weighted by atomic mass is 9.70. The van der Waals surface area contributed by atoms with E-state index in [9.17, 15) is 0 Å². The summed E-state index contributed by atoms with van der Waals surface area (Å²) in [5, 5.41) is 5.06. The minimum Gasteiger partial charge on any atom is -0.310 e. The summed E-state index contributed by atoms with van der Waals surface area (Å²) in [6, 6.07) is 85.3. The van der Waals surface area contributed by atoms with Gasteiger partial charge in [0.2, 0.25) is 0 Å². The van der Waals surface area contributed by atoms with Gasteiger partial charge >= 0.3 is 0 Å². The van der Waals surface area contributed by atoms with E-state index in [0.29, 0.717) is 0 Å². The van der Waals surface area contributed by atoms with Crippen LogP contribution in [0.4, 0.5) is 34.1 Å². The summed E-state index contributed by atoms with van der Waals surface area (Å²) >= 11 is 1.88. The molecule has 13 rings (SSSR count). The van der Waals surface area contributed by atoms with Crippen molar-refractivity contribution in [3.05, 3.63) is 253 Å². The molecule has 0 saturated carbocycles. The Morgan fingerprint density at radius 2 is 0.839 bits per heavy atom. The average Bonchev–Trinajstić information content (AvgIpc) is 3.97. The SMILES string of the molecule is c1ccc(N(c2ccccc2)c2ccc3c(c2)C2(c4ccccc4-3)c3ccccc3-c3c2cc(N(c2ccccc2)c2cccc4c2sc2ccccc24)c2ccccc32)cc1. The van der Waals surface area contributed by atoms with Crippen molar-refractivity contribution in [2.45, 2.75) is 5.41 Å². The predicted octanol–water partition coefficient (Wildman–Crippen LogP) is 16.5. The van der Waals surface area contributed by atoms with Crippen LogP contribution in [0.3, 0.4) is 0 Å². The van der Waals surface area contributed by atoms with Crippen LogP contribution in [0.5, 0.6) is 0 Å². The first-order valence-electron chi connectivity index (χ1n) is 21.4. The van der Waals surface area contributed by atoms with Crippen molar-refractivity contribution in [2.75, 3.05) is 9.80 Å². The summed E-state index contributed by atoms with van der Waals surface area (Å²) in [6.45, 7) is 0. The minimum atomic E-state index is -0.586. The lowest BCUT2D eigenvalue weighted by Crippen LogP contribution is -2.26. The zero-order valence-electron chi connectivity index (χ0n) is 33.7. The summed E-state index contributed by atoms with van der Waals surface area (Å²) in [5.74, 6) is 0. The number of para-hydroxylation sites is 3. The Morgan fingerprint density at radius 1 is 0.306 bits per heavy atom. The van der Waals surface area contributed by atoms with Crippen LogP contribution in [0.15, 0.2) is 231 Å². The van der Waals surface area contributed by atoms with Gasteiger partial charge in [0.05, 0.1) is 21.5 Å². The van der Waals surface area contributed by atoms with Gasteiger partial charge in [0.1, 0.15) is 0 Å². The van der Waals surface area contributed by atoms with E-state index in [2.05, 4.69) is 240 Å². The standard InChI is InChI=1S/C59H38N2S/c1-4-19-39(20-5-1)60(40-21-6-2-7-22-40)42-35-36-44-43-25-12-15-31-50(43)59(52(44)37-42)51-32-16-13-29-49(51)57-47-28-11-10-26-45(47)55(38-53(57)59)61(41-23-8-3-9-24-41)54-33-18-30-48-46-27-14-17-34-56(46)62-58(48)54/h1-38H. The number of anilines is 6. The molecule has 1 spiro atoms. The quantitative estimate of drug-likeness (QED) is 0.165. The Balaban J connectivity index is 1.15. The molecule has 10 aromatic carbocycles. The molecule has 1 aromatic heterocycles. The number of hydrogen-bond donors (Lipinski definition) is 0. The molecule has 2 aliphatic rings. The first kappa shape index (κ1) is 35.1. The lowest BCUT2D eigenvalue weighted by molar-refractivity contribution is 0.794. The van der Waals surface area contributed by atoms with Gasteiger partial charge in [-0.2, -0.15) is 0 Å². The third-order valence-electron chi connectivity index (χ3n) is 13.2. The molecule has 2 nitrogen and oxygen atoms in total. The highest BCUT2D eigenvalue weighted by atomic mass is 32.1. The average molecular weight is 807 g/mol. The Hall–Kier alpha value is -7.72. The molecule has 0 amide bonds. The maximum absolute atomic E-state index is 2.56. The van der Waals surface area contributed by atoms with Crippen LogP contribution < -0.4 is 9.80 Å². The predicted molar refractivity (Wildman–Crippen MR) is 263 cm³/mol. The van der Waals surface area contributed by atoms with Crippen LogP contribution in [0.1, 0.15) is 22.3 Å². The number of fused-ring (bicyclic) bond motifs is 15. The summed E-state index contributed by atoms with van der Waals surface area (Å²) in [5.41, 5.74) is 16.7. The van der Waals surface area contributed by atoms with Gasteiger partial charge in [0.25, 0.3) is 0 Å². The first-order valence-corrected chi connectivity index (χ1v) is 22.2. The third kappa shape index (κ3) is 4.91. The van der Waals surface area contributed by atoms with Crippen molar-refractivity contribution < 1.29 is 0 Å². The van der Waals surface area contributed by atoms with Crippen molar-refractivity contribution in [3.8, 4) is 22.3 Å². The van der Waals surface area contributed by atoms with E-state index in [1.165, 1.54) is 86.8 Å². The van der Waals surface area contributed by atoms with Gasteiger partial charge in [-0.3, -0.25) is 0 Å².